The SMILES string of the molecule is CCC(C)(O)/C(N)=N\C. The van der Waals surface area contributed by atoms with Crippen molar-refractivity contribution in [2.24, 2.45) is 10.7 Å². The van der Waals surface area contributed by atoms with Crippen molar-refractivity contribution < 1.29 is 5.11 Å². The average Bonchev–Trinajstić information content (AvgIpc) is 1.86. The second-order valence-corrected chi connectivity index (χ2v) is 2.24. The van der Waals surface area contributed by atoms with Crippen LogP contribution >= 0.6 is 0 Å². The molecule has 0 aromatic rings. The molecule has 0 bridgehead atoms. The fourth-order valence-electron chi connectivity index (χ4n) is 0.422. The lowest BCUT2D eigenvalue weighted by Crippen LogP contribution is -2.40. The first-order chi connectivity index (χ1) is 4.04. The van der Waals surface area contributed by atoms with Crippen LogP contribution < -0.4 is 5.73 Å². The van der Waals surface area contributed by atoms with Crippen LogP contribution in [0.1, 0.15) is 20.3 Å². The zero-order valence-electron chi connectivity index (χ0n) is 6.18. The van der Waals surface area contributed by atoms with E-state index in [9.17, 15) is 5.11 Å². The molecule has 3 N–H and O–H groups in total. The van der Waals surface area contributed by atoms with E-state index in [-0.39, 0.29) is 0 Å². The Morgan fingerprint density at radius 3 is 2.33 bits per heavy atom. The van der Waals surface area contributed by atoms with Crippen LogP contribution in [0.3, 0.4) is 0 Å². The van der Waals surface area contributed by atoms with Crippen molar-refractivity contribution in [3.8, 4) is 0 Å². The van der Waals surface area contributed by atoms with Crippen LogP contribution in [-0.4, -0.2) is 23.6 Å². The van der Waals surface area contributed by atoms with E-state index >= 15 is 0 Å². The van der Waals surface area contributed by atoms with Gasteiger partial charge in [0.15, 0.2) is 0 Å². The highest BCUT2D eigenvalue weighted by Crippen LogP contribution is 2.06. The molecule has 0 aliphatic heterocycles. The van der Waals surface area contributed by atoms with Gasteiger partial charge < -0.3 is 10.8 Å². The molecule has 54 valence electrons. The Morgan fingerprint density at radius 1 is 1.78 bits per heavy atom. The predicted molar refractivity (Wildman–Crippen MR) is 38.5 cm³/mol. The number of amidine groups is 1. The lowest BCUT2D eigenvalue weighted by molar-refractivity contribution is 0.127. The minimum atomic E-state index is -0.922. The van der Waals surface area contributed by atoms with Gasteiger partial charge in [-0.2, -0.15) is 0 Å². The normalized spacial score (nSPS) is 19.3. The molecular weight excluding hydrogens is 116 g/mol. The number of aliphatic hydroxyl groups is 1. The summed E-state index contributed by atoms with van der Waals surface area (Å²) in [6, 6.07) is 0. The molecule has 0 aliphatic rings. The highest BCUT2D eigenvalue weighted by atomic mass is 16.3. The fourth-order valence-corrected chi connectivity index (χ4v) is 0.422. The molecule has 0 saturated carbocycles. The smallest absolute Gasteiger partial charge is 0.125 e. The summed E-state index contributed by atoms with van der Waals surface area (Å²) in [5, 5.41) is 9.34. The zero-order chi connectivity index (χ0) is 7.49. The summed E-state index contributed by atoms with van der Waals surface area (Å²) >= 11 is 0. The van der Waals surface area contributed by atoms with Crippen LogP contribution in [0.25, 0.3) is 0 Å². The third-order valence-electron chi connectivity index (χ3n) is 1.48. The molecule has 0 aliphatic carbocycles. The van der Waals surface area contributed by atoms with E-state index in [1.807, 2.05) is 6.92 Å². The minimum Gasteiger partial charge on any atom is -0.385 e. The maximum absolute atomic E-state index is 9.34. The second kappa shape index (κ2) is 2.82. The Kier molecular flexibility index (Phi) is 2.65. The van der Waals surface area contributed by atoms with Crippen molar-refractivity contribution in [2.45, 2.75) is 25.9 Å². The standard InChI is InChI=1S/C6H14N2O/c1-4-6(2,9)5(7)8-3/h9H,4H2,1-3H3,(H2,7,8). The van der Waals surface area contributed by atoms with Crippen LogP contribution in [0, 0.1) is 0 Å². The Bertz CT molecular complexity index is 118. The van der Waals surface area contributed by atoms with Crippen molar-refractivity contribution in [3.63, 3.8) is 0 Å². The van der Waals surface area contributed by atoms with Gasteiger partial charge in [0.25, 0.3) is 0 Å². The molecule has 3 nitrogen and oxygen atoms in total. The minimum absolute atomic E-state index is 0.296. The van der Waals surface area contributed by atoms with Crippen molar-refractivity contribution in [1.29, 1.82) is 0 Å². The van der Waals surface area contributed by atoms with E-state index in [0.717, 1.165) is 0 Å². The van der Waals surface area contributed by atoms with Gasteiger partial charge >= 0.3 is 0 Å². The highest BCUT2D eigenvalue weighted by molar-refractivity contribution is 5.88. The summed E-state index contributed by atoms with van der Waals surface area (Å²) in [7, 11) is 1.57. The van der Waals surface area contributed by atoms with E-state index in [1.165, 1.54) is 0 Å². The fraction of sp³-hybridized carbons (Fsp3) is 0.833. The number of nitrogens with zero attached hydrogens (tertiary/aromatic N) is 1. The number of hydrogen-bond acceptors (Lipinski definition) is 2. The van der Waals surface area contributed by atoms with Crippen LogP contribution in [0.15, 0.2) is 4.99 Å². The number of hydrogen-bond donors (Lipinski definition) is 2. The predicted octanol–water partition coefficient (Wildman–Crippen LogP) is 0.134. The second-order valence-electron chi connectivity index (χ2n) is 2.24. The van der Waals surface area contributed by atoms with Gasteiger partial charge in [-0.1, -0.05) is 6.92 Å². The van der Waals surface area contributed by atoms with E-state index < -0.39 is 5.60 Å². The highest BCUT2D eigenvalue weighted by Gasteiger charge is 2.21. The third-order valence-corrected chi connectivity index (χ3v) is 1.48. The Hall–Kier alpha value is -0.570. The molecule has 9 heavy (non-hydrogen) atoms. The van der Waals surface area contributed by atoms with Crippen LogP contribution in [0.5, 0.6) is 0 Å². The Labute approximate surface area is 55.6 Å². The summed E-state index contributed by atoms with van der Waals surface area (Å²) in [6.07, 6.45) is 0.593. The average molecular weight is 130 g/mol. The first-order valence-corrected chi connectivity index (χ1v) is 2.99. The van der Waals surface area contributed by atoms with Gasteiger partial charge in [-0.15, -0.1) is 0 Å². The van der Waals surface area contributed by atoms with Gasteiger partial charge in [0, 0.05) is 7.05 Å². The third kappa shape index (κ3) is 2.01. The molecule has 0 heterocycles. The van der Waals surface area contributed by atoms with Crippen LogP contribution in [0.4, 0.5) is 0 Å². The summed E-state index contributed by atoms with van der Waals surface area (Å²) < 4.78 is 0. The molecule has 1 unspecified atom stereocenters. The summed E-state index contributed by atoms with van der Waals surface area (Å²) in [6.45, 7) is 3.51. The van der Waals surface area contributed by atoms with Crippen molar-refractivity contribution >= 4 is 5.84 Å². The molecule has 0 rings (SSSR count). The number of nitrogens with two attached hydrogens (primary N) is 1. The van der Waals surface area contributed by atoms with Gasteiger partial charge in [-0.3, -0.25) is 4.99 Å². The van der Waals surface area contributed by atoms with Gasteiger partial charge in [0.2, 0.25) is 0 Å². The Morgan fingerprint density at radius 2 is 2.22 bits per heavy atom. The molecule has 1 atom stereocenters. The molecule has 3 heteroatoms. The maximum atomic E-state index is 9.34. The van der Waals surface area contributed by atoms with Crippen molar-refractivity contribution in [1.82, 2.24) is 0 Å². The van der Waals surface area contributed by atoms with Gasteiger partial charge in [0.1, 0.15) is 11.4 Å². The molecule has 0 spiro atoms. The lowest BCUT2D eigenvalue weighted by atomic mass is 10.0. The molecule has 0 aromatic carbocycles. The van der Waals surface area contributed by atoms with E-state index in [0.29, 0.717) is 12.3 Å². The van der Waals surface area contributed by atoms with E-state index in [1.54, 1.807) is 14.0 Å². The number of aliphatic imine (C=N–C) groups is 1. The van der Waals surface area contributed by atoms with Gasteiger partial charge in [-0.05, 0) is 13.3 Å². The van der Waals surface area contributed by atoms with E-state index in [2.05, 4.69) is 4.99 Å². The number of rotatable bonds is 2. The first-order valence-electron chi connectivity index (χ1n) is 2.99. The largest absolute Gasteiger partial charge is 0.385 e. The van der Waals surface area contributed by atoms with Crippen molar-refractivity contribution in [2.75, 3.05) is 7.05 Å². The summed E-state index contributed by atoms with van der Waals surface area (Å²) in [4.78, 5) is 3.68. The van der Waals surface area contributed by atoms with E-state index in [4.69, 9.17) is 5.73 Å². The topological polar surface area (TPSA) is 58.6 Å². The maximum Gasteiger partial charge on any atom is 0.125 e. The molecule has 0 fully saturated rings. The monoisotopic (exact) mass is 130 g/mol. The molecule has 0 radical (unpaired) electrons. The van der Waals surface area contributed by atoms with Crippen LogP contribution in [0.2, 0.25) is 0 Å². The zero-order valence-corrected chi connectivity index (χ0v) is 6.18. The van der Waals surface area contributed by atoms with Gasteiger partial charge in [0.05, 0.1) is 0 Å². The lowest BCUT2D eigenvalue weighted by Gasteiger charge is -2.19. The molecular formula is C6H14N2O. The molecule has 0 amide bonds. The molecule has 0 aromatic heterocycles. The van der Waals surface area contributed by atoms with Gasteiger partial charge in [-0.25, -0.2) is 0 Å². The van der Waals surface area contributed by atoms with Crippen LogP contribution in [-0.2, 0) is 0 Å². The molecule has 0 saturated heterocycles. The summed E-state index contributed by atoms with van der Waals surface area (Å²) in [5.74, 6) is 0.296. The Balaban J connectivity index is 4.14. The van der Waals surface area contributed by atoms with Crippen molar-refractivity contribution in [3.05, 3.63) is 0 Å². The quantitative estimate of drug-likeness (QED) is 0.412. The first kappa shape index (κ1) is 8.43. The summed E-state index contributed by atoms with van der Waals surface area (Å²) in [5.41, 5.74) is 4.44.